The van der Waals surface area contributed by atoms with Gasteiger partial charge in [0.1, 0.15) is 0 Å². The number of rotatable bonds is 7. The molecule has 0 spiro atoms. The van der Waals surface area contributed by atoms with E-state index in [9.17, 15) is 8.42 Å². The molecule has 1 aliphatic carbocycles. The molecule has 0 fully saturated rings. The maximum absolute atomic E-state index is 12.5. The summed E-state index contributed by atoms with van der Waals surface area (Å²) in [6.07, 6.45) is 3.23. The molecular weight excluding hydrogens is 320 g/mol. The molecule has 0 bridgehead atoms. The minimum Gasteiger partial charge on any atom is -0.376 e. The van der Waals surface area contributed by atoms with Crippen LogP contribution in [0.4, 0.5) is 0 Å². The molecule has 0 N–H and O–H groups in total. The zero-order valence-electron chi connectivity index (χ0n) is 13.6. The Morgan fingerprint density at radius 1 is 0.917 bits per heavy atom. The van der Waals surface area contributed by atoms with E-state index in [2.05, 4.69) is 0 Å². The Kier molecular flexibility index (Phi) is 5.48. The van der Waals surface area contributed by atoms with Gasteiger partial charge in [0.2, 0.25) is 0 Å². The van der Waals surface area contributed by atoms with Crippen molar-refractivity contribution in [2.75, 3.05) is 6.61 Å². The summed E-state index contributed by atoms with van der Waals surface area (Å²) in [6, 6.07) is 19.4. The van der Waals surface area contributed by atoms with E-state index in [1.807, 2.05) is 66.7 Å². The summed E-state index contributed by atoms with van der Waals surface area (Å²) in [5, 5.41) is 0. The average Bonchev–Trinajstić information content (AvgIpc) is 3.06. The van der Waals surface area contributed by atoms with Crippen molar-refractivity contribution >= 4 is 9.84 Å². The summed E-state index contributed by atoms with van der Waals surface area (Å²) in [5.41, 5.74) is 1.97. The van der Waals surface area contributed by atoms with Crippen molar-refractivity contribution in [1.29, 1.82) is 0 Å². The lowest BCUT2D eigenvalue weighted by molar-refractivity contribution is 0.0904. The molecule has 2 aromatic carbocycles. The van der Waals surface area contributed by atoms with Crippen LogP contribution in [0, 0.1) is 5.92 Å². The van der Waals surface area contributed by atoms with E-state index in [0.29, 0.717) is 24.5 Å². The van der Waals surface area contributed by atoms with Crippen LogP contribution in [0.25, 0.3) is 0 Å². The van der Waals surface area contributed by atoms with Crippen molar-refractivity contribution in [3.8, 4) is 0 Å². The third-order valence-electron chi connectivity index (χ3n) is 4.23. The number of allylic oxidation sites excluding steroid dienone is 2. The molecular formula is C20H22O3S. The van der Waals surface area contributed by atoms with Crippen LogP contribution in [0.2, 0.25) is 0 Å². The molecule has 0 saturated carbocycles. The predicted octanol–water partition coefficient (Wildman–Crippen LogP) is 4.11. The van der Waals surface area contributed by atoms with Crippen LogP contribution < -0.4 is 0 Å². The minimum absolute atomic E-state index is 0.0806. The van der Waals surface area contributed by atoms with Crippen LogP contribution >= 0.6 is 0 Å². The van der Waals surface area contributed by atoms with Gasteiger partial charge < -0.3 is 4.74 Å². The Bertz CT molecular complexity index is 780. The first kappa shape index (κ1) is 16.9. The predicted molar refractivity (Wildman–Crippen MR) is 96.0 cm³/mol. The highest BCUT2D eigenvalue weighted by molar-refractivity contribution is 7.94. The fourth-order valence-corrected chi connectivity index (χ4v) is 4.59. The van der Waals surface area contributed by atoms with Crippen LogP contribution in [0.15, 0.2) is 71.6 Å². The Morgan fingerprint density at radius 3 is 2.21 bits per heavy atom. The highest BCUT2D eigenvalue weighted by Gasteiger charge is 2.26. The van der Waals surface area contributed by atoms with E-state index in [1.54, 1.807) is 0 Å². The number of hydrogen-bond acceptors (Lipinski definition) is 3. The van der Waals surface area contributed by atoms with Crippen LogP contribution in [0.3, 0.4) is 0 Å². The summed E-state index contributed by atoms with van der Waals surface area (Å²) in [7, 11) is -3.22. The average molecular weight is 342 g/mol. The fourth-order valence-electron chi connectivity index (χ4n) is 2.93. The lowest BCUT2D eigenvalue weighted by Gasteiger charge is -2.12. The number of benzene rings is 2. The van der Waals surface area contributed by atoms with Crippen molar-refractivity contribution in [2.24, 2.45) is 5.92 Å². The zero-order chi connectivity index (χ0) is 16.8. The van der Waals surface area contributed by atoms with Gasteiger partial charge in [-0.15, -0.1) is 0 Å². The Morgan fingerprint density at radius 2 is 1.54 bits per heavy atom. The molecule has 3 nitrogen and oxygen atoms in total. The van der Waals surface area contributed by atoms with E-state index in [1.165, 1.54) is 0 Å². The van der Waals surface area contributed by atoms with Crippen LogP contribution in [-0.4, -0.2) is 15.0 Å². The summed E-state index contributed by atoms with van der Waals surface area (Å²) < 4.78 is 30.8. The maximum Gasteiger partial charge on any atom is 0.178 e. The molecule has 0 aromatic heterocycles. The topological polar surface area (TPSA) is 43.4 Å². The lowest BCUT2D eigenvalue weighted by Crippen LogP contribution is -2.10. The van der Waals surface area contributed by atoms with Crippen molar-refractivity contribution < 1.29 is 13.2 Å². The third kappa shape index (κ3) is 4.56. The zero-order valence-corrected chi connectivity index (χ0v) is 14.4. The second kappa shape index (κ2) is 7.77. The number of hydrogen-bond donors (Lipinski definition) is 0. The van der Waals surface area contributed by atoms with Crippen molar-refractivity contribution in [1.82, 2.24) is 0 Å². The van der Waals surface area contributed by atoms with E-state index >= 15 is 0 Å². The molecule has 24 heavy (non-hydrogen) atoms. The quantitative estimate of drug-likeness (QED) is 0.760. The van der Waals surface area contributed by atoms with Crippen molar-refractivity contribution in [3.05, 3.63) is 82.8 Å². The maximum atomic E-state index is 12.5. The van der Waals surface area contributed by atoms with Crippen LogP contribution in [0.1, 0.15) is 24.0 Å². The molecule has 0 heterocycles. The SMILES string of the molecule is O=S(=O)(Cc1ccccc1)C1=CC[C@H](COCc2ccccc2)C1. The normalized spacial score (nSPS) is 17.7. The second-order valence-electron chi connectivity index (χ2n) is 6.22. The van der Waals surface area contributed by atoms with Gasteiger partial charge in [0.15, 0.2) is 9.84 Å². The Hall–Kier alpha value is -1.91. The van der Waals surface area contributed by atoms with Crippen LogP contribution in [0.5, 0.6) is 0 Å². The molecule has 2 aromatic rings. The minimum atomic E-state index is -3.22. The first-order valence-corrected chi connectivity index (χ1v) is 9.86. The molecule has 0 unspecified atom stereocenters. The van der Waals surface area contributed by atoms with Crippen molar-refractivity contribution in [2.45, 2.75) is 25.2 Å². The van der Waals surface area contributed by atoms with Gasteiger partial charge >= 0.3 is 0 Å². The second-order valence-corrected chi connectivity index (χ2v) is 8.26. The third-order valence-corrected chi connectivity index (χ3v) is 6.08. The first-order chi connectivity index (χ1) is 11.6. The standard InChI is InChI=1S/C20H22O3S/c21-24(22,16-18-9-5-2-6-10-18)20-12-11-19(13-20)15-23-14-17-7-3-1-4-8-17/h1-10,12,19H,11,13-16H2/t19-/m0/s1. The van der Waals surface area contributed by atoms with Gasteiger partial charge in [-0.3, -0.25) is 0 Å². The molecule has 4 heteroatoms. The highest BCUT2D eigenvalue weighted by atomic mass is 32.2. The van der Waals surface area contributed by atoms with Crippen LogP contribution in [-0.2, 0) is 26.9 Å². The largest absolute Gasteiger partial charge is 0.376 e. The van der Waals surface area contributed by atoms with Gasteiger partial charge in [0.25, 0.3) is 0 Å². The Labute approximate surface area is 143 Å². The molecule has 1 atom stereocenters. The summed E-state index contributed by atoms with van der Waals surface area (Å²) in [6.45, 7) is 1.17. The van der Waals surface area contributed by atoms with Gasteiger partial charge in [0, 0.05) is 4.91 Å². The van der Waals surface area contributed by atoms with Gasteiger partial charge in [0.05, 0.1) is 19.0 Å². The van der Waals surface area contributed by atoms with Gasteiger partial charge in [-0.05, 0) is 29.9 Å². The molecule has 3 rings (SSSR count). The highest BCUT2D eigenvalue weighted by Crippen LogP contribution is 2.31. The molecule has 0 amide bonds. The van der Waals surface area contributed by atoms with Gasteiger partial charge in [-0.25, -0.2) is 8.42 Å². The van der Waals surface area contributed by atoms with E-state index < -0.39 is 9.84 Å². The van der Waals surface area contributed by atoms with E-state index in [0.717, 1.165) is 17.5 Å². The lowest BCUT2D eigenvalue weighted by atomic mass is 10.1. The first-order valence-electron chi connectivity index (χ1n) is 8.21. The Balaban J connectivity index is 1.49. The molecule has 0 radical (unpaired) electrons. The van der Waals surface area contributed by atoms with E-state index in [-0.39, 0.29) is 11.7 Å². The molecule has 0 aliphatic heterocycles. The summed E-state index contributed by atoms with van der Waals surface area (Å²) in [5.74, 6) is 0.339. The molecule has 1 aliphatic rings. The van der Waals surface area contributed by atoms with Crippen molar-refractivity contribution in [3.63, 3.8) is 0 Å². The monoisotopic (exact) mass is 342 g/mol. The molecule has 0 saturated heterocycles. The fraction of sp³-hybridized carbons (Fsp3) is 0.300. The number of ether oxygens (including phenoxy) is 1. The summed E-state index contributed by atoms with van der Waals surface area (Å²) >= 11 is 0. The van der Waals surface area contributed by atoms with E-state index in [4.69, 9.17) is 4.74 Å². The molecule has 126 valence electrons. The van der Waals surface area contributed by atoms with Gasteiger partial charge in [-0.1, -0.05) is 66.7 Å². The summed E-state index contributed by atoms with van der Waals surface area (Å²) in [4.78, 5) is 0.569. The smallest absolute Gasteiger partial charge is 0.178 e. The number of sulfone groups is 1. The van der Waals surface area contributed by atoms with Gasteiger partial charge in [-0.2, -0.15) is 0 Å².